The molecule has 0 aromatic carbocycles. The van der Waals surface area contributed by atoms with Crippen molar-refractivity contribution in [2.75, 3.05) is 5.75 Å². The summed E-state index contributed by atoms with van der Waals surface area (Å²) in [6.07, 6.45) is 1.38. The van der Waals surface area contributed by atoms with E-state index in [2.05, 4.69) is 17.1 Å². The van der Waals surface area contributed by atoms with Crippen LogP contribution < -0.4 is 0 Å². The molecule has 0 aliphatic rings. The zero-order valence-electron chi connectivity index (χ0n) is 8.45. The van der Waals surface area contributed by atoms with Crippen molar-refractivity contribution in [3.05, 3.63) is 11.7 Å². The second-order valence-electron chi connectivity index (χ2n) is 3.04. The van der Waals surface area contributed by atoms with Gasteiger partial charge in [0.2, 0.25) is 5.89 Å². The highest BCUT2D eigenvalue weighted by molar-refractivity contribution is 7.98. The molecule has 0 spiro atoms. The Hall–Kier alpha value is -0.840. The third-order valence-corrected chi connectivity index (χ3v) is 2.65. The van der Waals surface area contributed by atoms with Gasteiger partial charge in [-0.25, -0.2) is 0 Å². The van der Waals surface area contributed by atoms with E-state index < -0.39 is 0 Å². The number of hydrogen-bond donors (Lipinski definition) is 0. The van der Waals surface area contributed by atoms with Gasteiger partial charge in [-0.1, -0.05) is 12.1 Å². The minimum Gasteiger partial charge on any atom is -0.339 e. The Morgan fingerprint density at radius 1 is 1.57 bits per heavy atom. The molecule has 0 radical (unpaired) electrons. The van der Waals surface area contributed by atoms with Crippen molar-refractivity contribution in [1.29, 1.82) is 0 Å². The Kier molecular flexibility index (Phi) is 4.65. The van der Waals surface area contributed by atoms with E-state index >= 15 is 0 Å². The quantitative estimate of drug-likeness (QED) is 0.676. The van der Waals surface area contributed by atoms with Gasteiger partial charge in [-0.15, -0.1) is 0 Å². The summed E-state index contributed by atoms with van der Waals surface area (Å²) < 4.78 is 4.91. The summed E-state index contributed by atoms with van der Waals surface area (Å²) in [5.74, 6) is 3.00. The van der Waals surface area contributed by atoms with Gasteiger partial charge in [0.15, 0.2) is 5.82 Å². The predicted octanol–water partition coefficient (Wildman–Crippen LogP) is 1.84. The smallest absolute Gasteiger partial charge is 0.234 e. The molecule has 1 heterocycles. The highest BCUT2D eigenvalue weighted by Gasteiger charge is 2.07. The lowest BCUT2D eigenvalue weighted by Crippen LogP contribution is -1.96. The van der Waals surface area contributed by atoms with E-state index in [4.69, 9.17) is 4.52 Å². The molecule has 0 aliphatic heterocycles. The zero-order chi connectivity index (χ0) is 10.4. The van der Waals surface area contributed by atoms with Crippen molar-refractivity contribution in [3.63, 3.8) is 0 Å². The van der Waals surface area contributed by atoms with Crippen LogP contribution in [0.4, 0.5) is 0 Å². The average molecular weight is 214 g/mol. The van der Waals surface area contributed by atoms with Crippen LogP contribution in [0.3, 0.4) is 0 Å². The maximum atomic E-state index is 10.7. The molecule has 0 bridgehead atoms. The SMILES string of the molecule is CCCSCc1noc(CC(C)=O)n1. The van der Waals surface area contributed by atoms with E-state index in [1.807, 2.05) is 0 Å². The summed E-state index contributed by atoms with van der Waals surface area (Å²) in [6, 6.07) is 0. The van der Waals surface area contributed by atoms with E-state index in [-0.39, 0.29) is 12.2 Å². The van der Waals surface area contributed by atoms with Gasteiger partial charge >= 0.3 is 0 Å². The second-order valence-corrected chi connectivity index (χ2v) is 4.14. The fourth-order valence-electron chi connectivity index (χ4n) is 0.941. The highest BCUT2D eigenvalue weighted by Crippen LogP contribution is 2.10. The number of ketones is 1. The lowest BCUT2D eigenvalue weighted by molar-refractivity contribution is -0.116. The molecule has 1 aromatic heterocycles. The molecule has 0 saturated heterocycles. The van der Waals surface area contributed by atoms with Crippen molar-refractivity contribution in [1.82, 2.24) is 10.1 Å². The third kappa shape index (κ3) is 3.91. The molecule has 0 N–H and O–H groups in total. The normalized spacial score (nSPS) is 10.4. The minimum absolute atomic E-state index is 0.0430. The summed E-state index contributed by atoms with van der Waals surface area (Å²) in [5.41, 5.74) is 0. The summed E-state index contributed by atoms with van der Waals surface area (Å²) in [7, 11) is 0. The van der Waals surface area contributed by atoms with Crippen LogP contribution in [-0.4, -0.2) is 21.7 Å². The molecule has 0 unspecified atom stereocenters. The maximum Gasteiger partial charge on any atom is 0.234 e. The average Bonchev–Trinajstić information content (AvgIpc) is 2.52. The number of aromatic nitrogens is 2. The van der Waals surface area contributed by atoms with Crippen LogP contribution in [0, 0.1) is 0 Å². The van der Waals surface area contributed by atoms with Gasteiger partial charge in [0, 0.05) is 0 Å². The first-order chi connectivity index (χ1) is 6.72. The van der Waals surface area contributed by atoms with Crippen molar-refractivity contribution < 1.29 is 9.32 Å². The molecular formula is C9H14N2O2S. The molecule has 0 amide bonds. The van der Waals surface area contributed by atoms with Crippen LogP contribution in [0.1, 0.15) is 32.0 Å². The van der Waals surface area contributed by atoms with Crippen molar-refractivity contribution in [3.8, 4) is 0 Å². The van der Waals surface area contributed by atoms with Crippen LogP contribution in [0.5, 0.6) is 0 Å². The summed E-state index contributed by atoms with van der Waals surface area (Å²) >= 11 is 1.77. The topological polar surface area (TPSA) is 56.0 Å². The van der Waals surface area contributed by atoms with E-state index in [1.54, 1.807) is 11.8 Å². The van der Waals surface area contributed by atoms with E-state index in [9.17, 15) is 4.79 Å². The number of hydrogen-bond acceptors (Lipinski definition) is 5. The lowest BCUT2D eigenvalue weighted by Gasteiger charge is -1.91. The van der Waals surface area contributed by atoms with Crippen molar-refractivity contribution >= 4 is 17.5 Å². The van der Waals surface area contributed by atoms with E-state index in [1.165, 1.54) is 6.92 Å². The molecule has 0 atom stereocenters. The van der Waals surface area contributed by atoms with Crippen LogP contribution >= 0.6 is 11.8 Å². The molecule has 0 saturated carbocycles. The summed E-state index contributed by atoms with van der Waals surface area (Å²) in [4.78, 5) is 14.9. The molecular weight excluding hydrogens is 200 g/mol. The van der Waals surface area contributed by atoms with Crippen LogP contribution in [0.25, 0.3) is 0 Å². The van der Waals surface area contributed by atoms with Crippen LogP contribution in [0.15, 0.2) is 4.52 Å². The summed E-state index contributed by atoms with van der Waals surface area (Å²) in [5, 5.41) is 3.78. The molecule has 5 heteroatoms. The third-order valence-electron chi connectivity index (χ3n) is 1.49. The zero-order valence-corrected chi connectivity index (χ0v) is 9.26. The Bertz CT molecular complexity index is 299. The highest BCUT2D eigenvalue weighted by atomic mass is 32.2. The molecule has 78 valence electrons. The fraction of sp³-hybridized carbons (Fsp3) is 0.667. The monoisotopic (exact) mass is 214 g/mol. The Morgan fingerprint density at radius 2 is 2.36 bits per heavy atom. The van der Waals surface area contributed by atoms with Gasteiger partial charge in [-0.3, -0.25) is 4.79 Å². The van der Waals surface area contributed by atoms with E-state index in [0.29, 0.717) is 11.7 Å². The number of carbonyl (C=O) groups excluding carboxylic acids is 1. The minimum atomic E-state index is 0.0430. The largest absolute Gasteiger partial charge is 0.339 e. The number of carbonyl (C=O) groups is 1. The van der Waals surface area contributed by atoms with Crippen molar-refractivity contribution in [2.24, 2.45) is 0 Å². The second kappa shape index (κ2) is 5.80. The number of thioether (sulfide) groups is 1. The predicted molar refractivity (Wildman–Crippen MR) is 55.1 cm³/mol. The van der Waals surface area contributed by atoms with Gasteiger partial charge in [0.05, 0.1) is 12.2 Å². The van der Waals surface area contributed by atoms with Crippen LogP contribution in [0.2, 0.25) is 0 Å². The first-order valence-corrected chi connectivity index (χ1v) is 5.76. The first-order valence-electron chi connectivity index (χ1n) is 4.61. The fourth-order valence-corrected chi connectivity index (χ4v) is 1.67. The van der Waals surface area contributed by atoms with Gasteiger partial charge in [0.1, 0.15) is 5.78 Å². The molecule has 4 nitrogen and oxygen atoms in total. The van der Waals surface area contributed by atoms with Gasteiger partial charge in [0.25, 0.3) is 0 Å². The van der Waals surface area contributed by atoms with Gasteiger partial charge in [-0.2, -0.15) is 16.7 Å². The van der Waals surface area contributed by atoms with Gasteiger partial charge < -0.3 is 4.52 Å². The summed E-state index contributed by atoms with van der Waals surface area (Å²) in [6.45, 7) is 3.64. The standard InChI is InChI=1S/C9H14N2O2S/c1-3-4-14-6-8-10-9(13-11-8)5-7(2)12/h3-6H2,1-2H3. The first kappa shape index (κ1) is 11.2. The van der Waals surface area contributed by atoms with E-state index in [0.717, 1.165) is 17.9 Å². The maximum absolute atomic E-state index is 10.7. The molecule has 1 aromatic rings. The molecule has 0 aliphatic carbocycles. The van der Waals surface area contributed by atoms with Crippen LogP contribution in [-0.2, 0) is 17.0 Å². The number of rotatable bonds is 6. The Morgan fingerprint density at radius 3 is 3.00 bits per heavy atom. The molecule has 14 heavy (non-hydrogen) atoms. The van der Waals surface area contributed by atoms with Crippen molar-refractivity contribution in [2.45, 2.75) is 32.4 Å². The number of nitrogens with zero attached hydrogens (tertiary/aromatic N) is 2. The molecule has 0 fully saturated rings. The lowest BCUT2D eigenvalue weighted by atomic mass is 10.3. The Balaban J connectivity index is 2.38. The Labute approximate surface area is 87.5 Å². The van der Waals surface area contributed by atoms with Gasteiger partial charge in [-0.05, 0) is 19.1 Å². The molecule has 1 rings (SSSR count). The number of Topliss-reactive ketones (excluding diaryl/α,β-unsaturated/α-hetero) is 1.